The Kier molecular flexibility index (Phi) is 4.55. The first-order valence-electron chi connectivity index (χ1n) is 6.92. The van der Waals surface area contributed by atoms with Crippen molar-refractivity contribution in [2.45, 2.75) is 25.0 Å². The van der Waals surface area contributed by atoms with E-state index < -0.39 is 0 Å². The molecule has 1 aliphatic heterocycles. The summed E-state index contributed by atoms with van der Waals surface area (Å²) in [5.41, 5.74) is 2.44. The monoisotopic (exact) mass is 335 g/mol. The molecule has 2 heterocycles. The van der Waals surface area contributed by atoms with Crippen molar-refractivity contribution < 1.29 is 9.15 Å². The molecule has 0 bridgehead atoms. The van der Waals surface area contributed by atoms with Crippen molar-refractivity contribution in [2.24, 2.45) is 0 Å². The lowest BCUT2D eigenvalue weighted by molar-refractivity contribution is 0.0105. The van der Waals surface area contributed by atoms with Gasteiger partial charge in [-0.1, -0.05) is 28.1 Å². The molecule has 0 aliphatic carbocycles. The lowest BCUT2D eigenvalue weighted by Crippen LogP contribution is -2.40. The molecule has 2 aromatic rings. The van der Waals surface area contributed by atoms with E-state index in [-0.39, 0.29) is 6.10 Å². The number of rotatable bonds is 4. The highest BCUT2D eigenvalue weighted by atomic mass is 79.9. The molecule has 0 amide bonds. The van der Waals surface area contributed by atoms with E-state index in [4.69, 9.17) is 9.15 Å². The van der Waals surface area contributed by atoms with Gasteiger partial charge in [0.15, 0.2) is 0 Å². The summed E-state index contributed by atoms with van der Waals surface area (Å²) in [4.78, 5) is 0. The van der Waals surface area contributed by atoms with E-state index in [0.29, 0.717) is 12.5 Å². The normalized spacial score (nSPS) is 22.9. The van der Waals surface area contributed by atoms with E-state index in [0.717, 1.165) is 24.0 Å². The van der Waals surface area contributed by atoms with Crippen molar-refractivity contribution in [2.75, 3.05) is 13.1 Å². The third-order valence-corrected chi connectivity index (χ3v) is 4.30. The maximum absolute atomic E-state index is 6.13. The molecule has 4 heteroatoms. The second-order valence-electron chi connectivity index (χ2n) is 5.13. The number of halogens is 1. The van der Waals surface area contributed by atoms with Gasteiger partial charge in [-0.15, -0.1) is 0 Å². The fourth-order valence-electron chi connectivity index (χ4n) is 2.66. The number of benzene rings is 1. The van der Waals surface area contributed by atoms with E-state index in [2.05, 4.69) is 33.4 Å². The van der Waals surface area contributed by atoms with Crippen LogP contribution in [0.5, 0.6) is 0 Å². The van der Waals surface area contributed by atoms with E-state index in [9.17, 15) is 0 Å². The zero-order valence-electron chi connectivity index (χ0n) is 11.2. The summed E-state index contributed by atoms with van der Waals surface area (Å²) in [6.45, 7) is 2.58. The van der Waals surface area contributed by atoms with Crippen LogP contribution in [0.15, 0.2) is 51.7 Å². The van der Waals surface area contributed by atoms with Crippen LogP contribution in [0.3, 0.4) is 0 Å². The first-order chi connectivity index (χ1) is 9.83. The molecule has 1 aliphatic rings. The third kappa shape index (κ3) is 3.32. The number of piperidine rings is 1. The fourth-order valence-corrected chi connectivity index (χ4v) is 2.92. The van der Waals surface area contributed by atoms with E-state index in [1.54, 1.807) is 6.26 Å². The first kappa shape index (κ1) is 13.9. The van der Waals surface area contributed by atoms with E-state index in [1.807, 2.05) is 24.5 Å². The van der Waals surface area contributed by atoms with E-state index in [1.165, 1.54) is 11.1 Å². The van der Waals surface area contributed by atoms with Gasteiger partial charge in [0, 0.05) is 16.9 Å². The molecular weight excluding hydrogens is 318 g/mol. The molecule has 2 atom stereocenters. The smallest absolute Gasteiger partial charge is 0.0938 e. The molecule has 1 aromatic carbocycles. The number of nitrogens with one attached hydrogen (secondary N) is 1. The van der Waals surface area contributed by atoms with Gasteiger partial charge in [0.1, 0.15) is 0 Å². The summed E-state index contributed by atoms with van der Waals surface area (Å²) >= 11 is 3.45. The lowest BCUT2D eigenvalue weighted by Gasteiger charge is -2.31. The minimum absolute atomic E-state index is 0.199. The van der Waals surface area contributed by atoms with Crippen molar-refractivity contribution in [1.29, 1.82) is 0 Å². The number of hydrogen-bond donors (Lipinski definition) is 1. The average molecular weight is 336 g/mol. The fraction of sp³-hybridized carbons (Fsp3) is 0.375. The molecule has 106 valence electrons. The molecule has 3 nitrogen and oxygen atoms in total. The van der Waals surface area contributed by atoms with Crippen LogP contribution in [0, 0.1) is 0 Å². The predicted octanol–water partition coefficient (Wildman–Crippen LogP) is 3.70. The van der Waals surface area contributed by atoms with Gasteiger partial charge in [-0.2, -0.15) is 0 Å². The van der Waals surface area contributed by atoms with Crippen molar-refractivity contribution in [3.05, 3.63) is 58.5 Å². The minimum Gasteiger partial charge on any atom is -0.472 e. The summed E-state index contributed by atoms with van der Waals surface area (Å²) in [7, 11) is 0. The quantitative estimate of drug-likeness (QED) is 0.924. The summed E-state index contributed by atoms with van der Waals surface area (Å²) in [5.74, 6) is 0.422. The number of ether oxygens (including phenoxy) is 1. The molecule has 0 radical (unpaired) electrons. The highest BCUT2D eigenvalue weighted by Crippen LogP contribution is 2.28. The van der Waals surface area contributed by atoms with E-state index >= 15 is 0 Å². The van der Waals surface area contributed by atoms with Crippen LogP contribution >= 0.6 is 15.9 Å². The van der Waals surface area contributed by atoms with Crippen LogP contribution in [-0.2, 0) is 11.3 Å². The first-order valence-corrected chi connectivity index (χ1v) is 7.71. The third-order valence-electron chi connectivity index (χ3n) is 3.78. The van der Waals surface area contributed by atoms with Gasteiger partial charge in [-0.05, 0) is 42.3 Å². The largest absolute Gasteiger partial charge is 0.472 e. The van der Waals surface area contributed by atoms with Crippen molar-refractivity contribution in [3.8, 4) is 0 Å². The Morgan fingerprint density at radius 1 is 1.25 bits per heavy atom. The Balaban J connectivity index is 1.64. The lowest BCUT2D eigenvalue weighted by atomic mass is 9.89. The van der Waals surface area contributed by atoms with Crippen molar-refractivity contribution in [1.82, 2.24) is 5.32 Å². The van der Waals surface area contributed by atoms with Gasteiger partial charge in [0.2, 0.25) is 0 Å². The van der Waals surface area contributed by atoms with Gasteiger partial charge in [0.05, 0.1) is 25.2 Å². The zero-order chi connectivity index (χ0) is 13.8. The summed E-state index contributed by atoms with van der Waals surface area (Å²) < 4.78 is 12.4. The Labute approximate surface area is 127 Å². The zero-order valence-corrected chi connectivity index (χ0v) is 12.8. The number of hydrogen-bond acceptors (Lipinski definition) is 3. The number of furan rings is 1. The van der Waals surface area contributed by atoms with Crippen LogP contribution in [0.1, 0.15) is 23.5 Å². The summed E-state index contributed by atoms with van der Waals surface area (Å²) in [6.07, 6.45) is 4.87. The van der Waals surface area contributed by atoms with Gasteiger partial charge < -0.3 is 14.5 Å². The van der Waals surface area contributed by atoms with Gasteiger partial charge in [0.25, 0.3) is 0 Å². The highest BCUT2D eigenvalue weighted by molar-refractivity contribution is 9.10. The van der Waals surface area contributed by atoms with Gasteiger partial charge in [-0.3, -0.25) is 0 Å². The minimum atomic E-state index is 0.199. The molecule has 0 unspecified atom stereocenters. The van der Waals surface area contributed by atoms with Crippen molar-refractivity contribution >= 4 is 15.9 Å². The summed E-state index contributed by atoms with van der Waals surface area (Å²) in [5, 5.41) is 3.41. The average Bonchev–Trinajstić information content (AvgIpc) is 3.01. The SMILES string of the molecule is Brc1ccc(CO[C@H]2CNCC[C@H]2c2ccoc2)cc1. The Morgan fingerprint density at radius 2 is 2.10 bits per heavy atom. The molecule has 1 N–H and O–H groups in total. The molecule has 0 spiro atoms. The molecular formula is C16H18BrNO2. The van der Waals surface area contributed by atoms with Crippen LogP contribution in [0.2, 0.25) is 0 Å². The summed E-state index contributed by atoms with van der Waals surface area (Å²) in [6, 6.07) is 10.3. The maximum atomic E-state index is 6.13. The highest BCUT2D eigenvalue weighted by Gasteiger charge is 2.27. The molecule has 3 rings (SSSR count). The predicted molar refractivity (Wildman–Crippen MR) is 81.7 cm³/mol. The van der Waals surface area contributed by atoms with Crippen LogP contribution in [0.25, 0.3) is 0 Å². The Morgan fingerprint density at radius 3 is 2.85 bits per heavy atom. The maximum Gasteiger partial charge on any atom is 0.0938 e. The molecule has 1 saturated heterocycles. The Bertz CT molecular complexity index is 524. The van der Waals surface area contributed by atoms with Crippen LogP contribution < -0.4 is 5.32 Å². The van der Waals surface area contributed by atoms with Gasteiger partial charge in [-0.25, -0.2) is 0 Å². The molecule has 0 saturated carbocycles. The topological polar surface area (TPSA) is 34.4 Å². The molecule has 1 fully saturated rings. The molecule has 20 heavy (non-hydrogen) atoms. The molecule has 1 aromatic heterocycles. The van der Waals surface area contributed by atoms with Gasteiger partial charge >= 0.3 is 0 Å². The Hall–Kier alpha value is -1.10. The standard InChI is InChI=1S/C16H18BrNO2/c17-14-3-1-12(2-4-14)10-20-16-9-18-7-5-15(16)13-6-8-19-11-13/h1-4,6,8,11,15-16,18H,5,7,9-10H2/t15-,16-/m0/s1. The van der Waals surface area contributed by atoms with Crippen LogP contribution in [-0.4, -0.2) is 19.2 Å². The van der Waals surface area contributed by atoms with Crippen molar-refractivity contribution in [3.63, 3.8) is 0 Å². The van der Waals surface area contributed by atoms with Crippen LogP contribution in [0.4, 0.5) is 0 Å². The second kappa shape index (κ2) is 6.57. The second-order valence-corrected chi connectivity index (χ2v) is 6.05.